The average molecular weight is 375 g/mol. The molecular formula is C20H29N3O4. The highest BCUT2D eigenvalue weighted by Crippen LogP contribution is 2.23. The summed E-state index contributed by atoms with van der Waals surface area (Å²) in [7, 11) is 0. The van der Waals surface area contributed by atoms with Crippen molar-refractivity contribution in [2.45, 2.75) is 71.2 Å². The van der Waals surface area contributed by atoms with Crippen LogP contribution >= 0.6 is 0 Å². The second-order valence-corrected chi connectivity index (χ2v) is 7.14. The van der Waals surface area contributed by atoms with Crippen LogP contribution in [0.15, 0.2) is 30.3 Å². The van der Waals surface area contributed by atoms with Crippen LogP contribution in [0.5, 0.6) is 0 Å². The Hall–Kier alpha value is -2.57. The number of carbonyl (C=O) groups excluding carboxylic acids is 3. The van der Waals surface area contributed by atoms with Crippen molar-refractivity contribution in [3.8, 4) is 0 Å². The number of para-hydroxylation sites is 1. The van der Waals surface area contributed by atoms with Crippen molar-refractivity contribution >= 4 is 23.6 Å². The highest BCUT2D eigenvalue weighted by atomic mass is 16.5. The summed E-state index contributed by atoms with van der Waals surface area (Å²) in [6.45, 7) is 7.13. The fraction of sp³-hybridized carbons (Fsp3) is 0.550. The van der Waals surface area contributed by atoms with E-state index in [1.54, 1.807) is 31.2 Å². The summed E-state index contributed by atoms with van der Waals surface area (Å²) in [5, 5.41) is 5.15. The lowest BCUT2D eigenvalue weighted by atomic mass is 9.97. The normalized spacial score (nSPS) is 21.7. The van der Waals surface area contributed by atoms with Crippen LogP contribution in [0, 0.1) is 0 Å². The van der Waals surface area contributed by atoms with Crippen molar-refractivity contribution in [2.24, 2.45) is 0 Å². The van der Waals surface area contributed by atoms with Gasteiger partial charge >= 0.3 is 12.0 Å². The Balaban J connectivity index is 1.85. The number of likely N-dealkylation sites (tertiary alicyclic amines) is 1. The van der Waals surface area contributed by atoms with Crippen molar-refractivity contribution in [3.63, 3.8) is 0 Å². The Morgan fingerprint density at radius 2 is 1.67 bits per heavy atom. The minimum absolute atomic E-state index is 0.134. The molecule has 1 aliphatic heterocycles. The number of anilines is 1. The minimum Gasteiger partial charge on any atom is -0.451 e. The molecule has 0 bridgehead atoms. The van der Waals surface area contributed by atoms with Gasteiger partial charge in [0.05, 0.1) is 0 Å². The van der Waals surface area contributed by atoms with E-state index in [1.807, 2.05) is 24.8 Å². The van der Waals surface area contributed by atoms with Gasteiger partial charge < -0.3 is 20.3 Å². The fourth-order valence-electron chi connectivity index (χ4n) is 3.34. The summed E-state index contributed by atoms with van der Waals surface area (Å²) in [5.74, 6) is -0.833. The Morgan fingerprint density at radius 3 is 2.26 bits per heavy atom. The molecule has 1 aromatic rings. The average Bonchev–Trinajstić information content (AvgIpc) is 2.62. The van der Waals surface area contributed by atoms with E-state index in [0.717, 1.165) is 19.3 Å². The van der Waals surface area contributed by atoms with Crippen molar-refractivity contribution in [1.29, 1.82) is 0 Å². The standard InChI is InChI=1S/C20H29N3O4/c1-13-9-8-10-14(2)23(13)18(24)16(4)27-19(25)15(3)21-20(26)22-17-11-6-5-7-12-17/h5-7,11-16H,8-10H2,1-4H3,(H2,21,22,26)/t13-,14-,15+,16-/m1/s1. The van der Waals surface area contributed by atoms with Crippen LogP contribution in [0.1, 0.15) is 47.0 Å². The topological polar surface area (TPSA) is 87.7 Å². The van der Waals surface area contributed by atoms with Crippen LogP contribution < -0.4 is 10.6 Å². The van der Waals surface area contributed by atoms with Gasteiger partial charge in [-0.25, -0.2) is 9.59 Å². The lowest BCUT2D eigenvalue weighted by Crippen LogP contribution is -2.52. The molecule has 27 heavy (non-hydrogen) atoms. The lowest BCUT2D eigenvalue weighted by molar-refractivity contribution is -0.163. The zero-order valence-electron chi connectivity index (χ0n) is 16.4. The van der Waals surface area contributed by atoms with Gasteiger partial charge in [0.25, 0.3) is 5.91 Å². The molecule has 0 spiro atoms. The Bertz CT molecular complexity index is 654. The quantitative estimate of drug-likeness (QED) is 0.775. The van der Waals surface area contributed by atoms with E-state index in [1.165, 1.54) is 6.92 Å². The highest BCUT2D eigenvalue weighted by molar-refractivity contribution is 5.93. The molecule has 4 atom stereocenters. The zero-order chi connectivity index (χ0) is 20.0. The molecular weight excluding hydrogens is 346 g/mol. The molecule has 1 fully saturated rings. The largest absolute Gasteiger partial charge is 0.451 e. The summed E-state index contributed by atoms with van der Waals surface area (Å²) in [5.41, 5.74) is 0.618. The van der Waals surface area contributed by atoms with Gasteiger partial charge in [-0.3, -0.25) is 4.79 Å². The number of urea groups is 1. The van der Waals surface area contributed by atoms with E-state index in [9.17, 15) is 14.4 Å². The number of rotatable bonds is 5. The summed E-state index contributed by atoms with van der Waals surface area (Å²) in [6.07, 6.45) is 2.11. The van der Waals surface area contributed by atoms with E-state index < -0.39 is 24.1 Å². The molecule has 0 unspecified atom stereocenters. The number of hydrogen-bond donors (Lipinski definition) is 2. The SMILES string of the molecule is C[C@H](NC(=O)Nc1ccccc1)C(=O)O[C@H](C)C(=O)N1[C@H](C)CCC[C@H]1C. The Labute approximate surface area is 160 Å². The second-order valence-electron chi connectivity index (χ2n) is 7.14. The van der Waals surface area contributed by atoms with Crippen LogP contribution in [0.25, 0.3) is 0 Å². The minimum atomic E-state index is -0.887. The Morgan fingerprint density at radius 1 is 1.07 bits per heavy atom. The summed E-state index contributed by atoms with van der Waals surface area (Å²) >= 11 is 0. The number of ether oxygens (including phenoxy) is 1. The summed E-state index contributed by atoms with van der Waals surface area (Å²) < 4.78 is 5.30. The number of benzene rings is 1. The van der Waals surface area contributed by atoms with Gasteiger partial charge in [0.2, 0.25) is 0 Å². The number of esters is 1. The summed E-state index contributed by atoms with van der Waals surface area (Å²) in [4.78, 5) is 38.7. The van der Waals surface area contributed by atoms with Gasteiger partial charge in [-0.1, -0.05) is 18.2 Å². The first kappa shape index (κ1) is 20.7. The van der Waals surface area contributed by atoms with E-state index >= 15 is 0 Å². The molecule has 1 saturated heterocycles. The molecule has 7 heteroatoms. The maximum absolute atomic E-state index is 12.7. The number of nitrogens with one attached hydrogen (secondary N) is 2. The molecule has 1 heterocycles. The van der Waals surface area contributed by atoms with Crippen LogP contribution in [-0.2, 0) is 14.3 Å². The molecule has 148 valence electrons. The molecule has 1 aliphatic rings. The first-order valence-corrected chi connectivity index (χ1v) is 9.44. The van der Waals surface area contributed by atoms with E-state index in [0.29, 0.717) is 5.69 Å². The first-order valence-electron chi connectivity index (χ1n) is 9.44. The van der Waals surface area contributed by atoms with Crippen molar-refractivity contribution in [1.82, 2.24) is 10.2 Å². The predicted octanol–water partition coefficient (Wildman–Crippen LogP) is 2.92. The van der Waals surface area contributed by atoms with Gasteiger partial charge in [0.15, 0.2) is 6.10 Å². The third kappa shape index (κ3) is 5.70. The molecule has 0 aliphatic carbocycles. The maximum Gasteiger partial charge on any atom is 0.329 e. The molecule has 7 nitrogen and oxygen atoms in total. The van der Waals surface area contributed by atoms with Gasteiger partial charge in [0.1, 0.15) is 6.04 Å². The molecule has 3 amide bonds. The van der Waals surface area contributed by atoms with Crippen molar-refractivity contribution in [3.05, 3.63) is 30.3 Å². The summed E-state index contributed by atoms with van der Waals surface area (Å²) in [6, 6.07) is 7.79. The first-order chi connectivity index (χ1) is 12.8. The van der Waals surface area contributed by atoms with E-state index in [2.05, 4.69) is 10.6 Å². The Kier molecular flexibility index (Phi) is 7.21. The van der Waals surface area contributed by atoms with Gasteiger partial charge in [0, 0.05) is 17.8 Å². The monoisotopic (exact) mass is 375 g/mol. The number of carbonyl (C=O) groups is 3. The fourth-order valence-corrected chi connectivity index (χ4v) is 3.34. The van der Waals surface area contributed by atoms with Crippen LogP contribution in [0.3, 0.4) is 0 Å². The van der Waals surface area contributed by atoms with E-state index in [4.69, 9.17) is 4.74 Å². The third-order valence-electron chi connectivity index (χ3n) is 4.82. The number of amides is 3. The smallest absolute Gasteiger partial charge is 0.329 e. The van der Waals surface area contributed by atoms with Crippen LogP contribution in [0.4, 0.5) is 10.5 Å². The highest BCUT2D eigenvalue weighted by Gasteiger charge is 2.33. The predicted molar refractivity (Wildman–Crippen MR) is 103 cm³/mol. The van der Waals surface area contributed by atoms with Crippen molar-refractivity contribution in [2.75, 3.05) is 5.32 Å². The van der Waals surface area contributed by atoms with E-state index in [-0.39, 0.29) is 18.0 Å². The molecule has 0 saturated carbocycles. The van der Waals surface area contributed by atoms with Gasteiger partial charge in [-0.15, -0.1) is 0 Å². The third-order valence-corrected chi connectivity index (χ3v) is 4.82. The zero-order valence-corrected chi connectivity index (χ0v) is 16.4. The van der Waals surface area contributed by atoms with Crippen LogP contribution in [0.2, 0.25) is 0 Å². The van der Waals surface area contributed by atoms with Gasteiger partial charge in [-0.05, 0) is 59.1 Å². The molecule has 0 aromatic heterocycles. The van der Waals surface area contributed by atoms with Crippen LogP contribution in [-0.4, -0.2) is 47.0 Å². The maximum atomic E-state index is 12.7. The van der Waals surface area contributed by atoms with Gasteiger partial charge in [-0.2, -0.15) is 0 Å². The number of hydrogen-bond acceptors (Lipinski definition) is 4. The molecule has 2 rings (SSSR count). The molecule has 0 radical (unpaired) electrons. The molecule has 1 aromatic carbocycles. The van der Waals surface area contributed by atoms with Crippen molar-refractivity contribution < 1.29 is 19.1 Å². The lowest BCUT2D eigenvalue weighted by Gasteiger charge is -2.40. The number of nitrogens with zero attached hydrogens (tertiary/aromatic N) is 1. The second kappa shape index (κ2) is 9.39. The number of piperidine rings is 1. The molecule has 2 N–H and O–H groups in total.